The number of hydrogen-bond acceptors (Lipinski definition) is 4. The molecule has 0 amide bonds. The van der Waals surface area contributed by atoms with E-state index in [1.807, 2.05) is 6.92 Å². The summed E-state index contributed by atoms with van der Waals surface area (Å²) >= 11 is 0. The number of carbonyl (C=O) groups is 1. The van der Waals surface area contributed by atoms with Crippen LogP contribution in [0.3, 0.4) is 0 Å². The number of rotatable bonds is 3. The van der Waals surface area contributed by atoms with E-state index in [0.29, 0.717) is 11.6 Å². The summed E-state index contributed by atoms with van der Waals surface area (Å²) in [4.78, 5) is 15.6. The smallest absolute Gasteiger partial charge is 0.363 e. The topological polar surface area (TPSA) is 47.9 Å². The van der Waals surface area contributed by atoms with Gasteiger partial charge in [0.1, 0.15) is 11.4 Å². The van der Waals surface area contributed by atoms with Gasteiger partial charge < -0.3 is 9.47 Å². The van der Waals surface area contributed by atoms with E-state index >= 15 is 0 Å². The van der Waals surface area contributed by atoms with Gasteiger partial charge in [0, 0.05) is 5.56 Å². The molecule has 1 aliphatic rings. The third kappa shape index (κ3) is 2.36. The summed E-state index contributed by atoms with van der Waals surface area (Å²) in [5.41, 5.74) is 1.14. The summed E-state index contributed by atoms with van der Waals surface area (Å²) in [6, 6.07) is 7.21. The van der Waals surface area contributed by atoms with Gasteiger partial charge in [0.05, 0.1) is 7.11 Å². The van der Waals surface area contributed by atoms with Gasteiger partial charge >= 0.3 is 5.97 Å². The molecular formula is C13H13NO3. The lowest BCUT2D eigenvalue weighted by atomic mass is 10.2. The Kier molecular flexibility index (Phi) is 3.23. The van der Waals surface area contributed by atoms with Gasteiger partial charge in [0.25, 0.3) is 0 Å². The van der Waals surface area contributed by atoms with Crippen molar-refractivity contribution in [2.75, 3.05) is 7.11 Å². The van der Waals surface area contributed by atoms with Gasteiger partial charge in [-0.25, -0.2) is 9.79 Å². The van der Waals surface area contributed by atoms with Crippen molar-refractivity contribution in [3.8, 4) is 5.75 Å². The molecule has 0 fully saturated rings. The van der Waals surface area contributed by atoms with Gasteiger partial charge in [-0.3, -0.25) is 0 Å². The van der Waals surface area contributed by atoms with Crippen molar-refractivity contribution in [3.63, 3.8) is 0 Å². The molecule has 0 bridgehead atoms. The fourth-order valence-electron chi connectivity index (χ4n) is 1.50. The van der Waals surface area contributed by atoms with Gasteiger partial charge in [-0.1, -0.05) is 13.0 Å². The van der Waals surface area contributed by atoms with Crippen LogP contribution in [-0.2, 0) is 9.53 Å². The van der Waals surface area contributed by atoms with E-state index < -0.39 is 5.97 Å². The molecule has 0 saturated carbocycles. The van der Waals surface area contributed by atoms with Crippen LogP contribution in [0.2, 0.25) is 0 Å². The number of methoxy groups -OCH3 is 1. The predicted molar refractivity (Wildman–Crippen MR) is 64.0 cm³/mol. The van der Waals surface area contributed by atoms with Gasteiger partial charge in [0.2, 0.25) is 5.90 Å². The molecule has 1 aliphatic heterocycles. The molecule has 0 aromatic heterocycles. The second kappa shape index (κ2) is 4.82. The molecule has 2 rings (SSSR count). The zero-order chi connectivity index (χ0) is 12.3. The van der Waals surface area contributed by atoms with E-state index in [1.165, 1.54) is 0 Å². The summed E-state index contributed by atoms with van der Waals surface area (Å²) in [6.45, 7) is 1.95. The fraction of sp³-hybridized carbons (Fsp3) is 0.231. The first-order valence-corrected chi connectivity index (χ1v) is 5.40. The Labute approximate surface area is 99.6 Å². The van der Waals surface area contributed by atoms with E-state index in [-0.39, 0.29) is 0 Å². The maximum Gasteiger partial charge on any atom is 0.363 e. The van der Waals surface area contributed by atoms with Crippen LogP contribution in [-0.4, -0.2) is 19.0 Å². The zero-order valence-electron chi connectivity index (χ0n) is 9.77. The highest BCUT2D eigenvalue weighted by molar-refractivity contribution is 6.11. The van der Waals surface area contributed by atoms with Gasteiger partial charge in [-0.15, -0.1) is 0 Å². The van der Waals surface area contributed by atoms with Crippen molar-refractivity contribution in [2.45, 2.75) is 13.3 Å². The number of hydrogen-bond donors (Lipinski definition) is 0. The number of carbonyl (C=O) groups excluding carboxylic acids is 1. The highest BCUT2D eigenvalue weighted by Gasteiger charge is 2.23. The number of ether oxygens (including phenoxy) is 2. The lowest BCUT2D eigenvalue weighted by molar-refractivity contribution is -0.130. The van der Waals surface area contributed by atoms with Crippen LogP contribution in [0.4, 0.5) is 0 Å². The first-order valence-electron chi connectivity index (χ1n) is 5.40. The number of esters is 1. The fourth-order valence-corrected chi connectivity index (χ4v) is 1.50. The average molecular weight is 231 g/mol. The molecule has 0 aliphatic carbocycles. The van der Waals surface area contributed by atoms with Crippen molar-refractivity contribution in [1.82, 2.24) is 0 Å². The molecule has 88 valence electrons. The Morgan fingerprint density at radius 2 is 2.06 bits per heavy atom. The van der Waals surface area contributed by atoms with Crippen molar-refractivity contribution in [2.24, 2.45) is 4.99 Å². The van der Waals surface area contributed by atoms with Gasteiger partial charge in [0.15, 0.2) is 0 Å². The Morgan fingerprint density at radius 1 is 1.35 bits per heavy atom. The molecular weight excluding hydrogens is 218 g/mol. The molecule has 0 saturated heterocycles. The van der Waals surface area contributed by atoms with Crippen LogP contribution in [0.1, 0.15) is 18.9 Å². The molecule has 4 nitrogen and oxygen atoms in total. The van der Waals surface area contributed by atoms with Crippen molar-refractivity contribution in [1.29, 1.82) is 0 Å². The van der Waals surface area contributed by atoms with Crippen LogP contribution >= 0.6 is 0 Å². The maximum atomic E-state index is 11.4. The van der Waals surface area contributed by atoms with Gasteiger partial charge in [-0.2, -0.15) is 0 Å². The number of aliphatic imine (C=N–C) groups is 1. The van der Waals surface area contributed by atoms with Crippen LogP contribution in [0.25, 0.3) is 0 Å². The third-order valence-electron chi connectivity index (χ3n) is 2.35. The molecule has 17 heavy (non-hydrogen) atoms. The minimum absolute atomic E-state index is 0.345. The SMILES string of the molecule is CC/C=C1/N=C(c2ccc(OC)cc2)OC1=O. The molecule has 0 unspecified atom stereocenters. The maximum absolute atomic E-state index is 11.4. The molecule has 1 aromatic rings. The Balaban J connectivity index is 2.26. The molecule has 0 radical (unpaired) electrons. The molecule has 4 heteroatoms. The second-order valence-electron chi connectivity index (χ2n) is 3.53. The lowest BCUT2D eigenvalue weighted by Gasteiger charge is -2.01. The highest BCUT2D eigenvalue weighted by Crippen LogP contribution is 2.18. The standard InChI is InChI=1S/C13H13NO3/c1-3-4-11-13(15)17-12(14-11)9-5-7-10(16-2)8-6-9/h4-8H,3H2,1-2H3/b11-4+. The Morgan fingerprint density at radius 3 is 2.65 bits per heavy atom. The predicted octanol–water partition coefficient (Wildman–Crippen LogP) is 2.29. The Bertz CT molecular complexity index is 486. The summed E-state index contributed by atoms with van der Waals surface area (Å²) in [5, 5.41) is 0. The van der Waals surface area contributed by atoms with Crippen molar-refractivity contribution < 1.29 is 14.3 Å². The molecule has 1 aromatic carbocycles. The van der Waals surface area contributed by atoms with Crippen LogP contribution in [0, 0.1) is 0 Å². The van der Waals surface area contributed by atoms with Crippen molar-refractivity contribution in [3.05, 3.63) is 41.6 Å². The quantitative estimate of drug-likeness (QED) is 0.592. The number of nitrogens with zero attached hydrogens (tertiary/aromatic N) is 1. The summed E-state index contributed by atoms with van der Waals surface area (Å²) < 4.78 is 10.1. The number of allylic oxidation sites excluding steroid dienone is 1. The minimum atomic E-state index is -0.391. The average Bonchev–Trinajstić information content (AvgIpc) is 2.72. The van der Waals surface area contributed by atoms with E-state index in [0.717, 1.165) is 17.7 Å². The lowest BCUT2D eigenvalue weighted by Crippen LogP contribution is -2.05. The summed E-state index contributed by atoms with van der Waals surface area (Å²) in [6.07, 6.45) is 2.50. The monoisotopic (exact) mass is 231 g/mol. The summed E-state index contributed by atoms with van der Waals surface area (Å²) in [7, 11) is 1.60. The largest absolute Gasteiger partial charge is 0.497 e. The zero-order valence-corrected chi connectivity index (χ0v) is 9.77. The third-order valence-corrected chi connectivity index (χ3v) is 2.35. The van der Waals surface area contributed by atoms with E-state index in [1.54, 1.807) is 37.5 Å². The summed E-state index contributed by atoms with van der Waals surface area (Å²) in [5.74, 6) is 0.706. The van der Waals surface area contributed by atoms with E-state index in [9.17, 15) is 4.79 Å². The molecule has 0 N–H and O–H groups in total. The van der Waals surface area contributed by atoms with Gasteiger partial charge in [-0.05, 0) is 30.7 Å². The van der Waals surface area contributed by atoms with Crippen molar-refractivity contribution >= 4 is 11.9 Å². The molecule has 0 spiro atoms. The number of cyclic esters (lactones) is 1. The van der Waals surface area contributed by atoms with E-state index in [2.05, 4.69) is 4.99 Å². The normalized spacial score (nSPS) is 16.9. The first kappa shape index (κ1) is 11.4. The van der Waals surface area contributed by atoms with Crippen LogP contribution in [0.15, 0.2) is 41.0 Å². The van der Waals surface area contributed by atoms with Crippen LogP contribution in [0.5, 0.6) is 5.75 Å². The molecule has 0 atom stereocenters. The second-order valence-corrected chi connectivity index (χ2v) is 3.53. The first-order chi connectivity index (χ1) is 8.24. The highest BCUT2D eigenvalue weighted by atomic mass is 16.6. The van der Waals surface area contributed by atoms with E-state index in [4.69, 9.17) is 9.47 Å². The minimum Gasteiger partial charge on any atom is -0.497 e. The number of benzene rings is 1. The molecule has 1 heterocycles. The Hall–Kier alpha value is -2.10. The van der Waals surface area contributed by atoms with Crippen LogP contribution < -0.4 is 4.74 Å².